The molecule has 0 aromatic carbocycles. The number of nitrogen functional groups attached to an aromatic ring is 1. The Bertz CT molecular complexity index is 354. The van der Waals surface area contributed by atoms with Crippen LogP contribution in [-0.2, 0) is 11.3 Å². The van der Waals surface area contributed by atoms with Crippen molar-refractivity contribution in [2.24, 2.45) is 11.8 Å². The quantitative estimate of drug-likeness (QED) is 0.792. The highest BCUT2D eigenvalue weighted by Gasteiger charge is 2.08. The Hall–Kier alpha value is -1.36. The van der Waals surface area contributed by atoms with Crippen molar-refractivity contribution < 1.29 is 4.74 Å². The summed E-state index contributed by atoms with van der Waals surface area (Å²) in [4.78, 5) is 8.41. The van der Waals surface area contributed by atoms with Gasteiger partial charge in [-0.2, -0.15) is 0 Å². The third kappa shape index (κ3) is 4.56. The third-order valence-electron chi connectivity index (χ3n) is 2.81. The van der Waals surface area contributed by atoms with E-state index in [9.17, 15) is 0 Å². The van der Waals surface area contributed by atoms with Gasteiger partial charge in [0.25, 0.3) is 0 Å². The minimum absolute atomic E-state index is 0.374. The lowest BCUT2D eigenvalue weighted by atomic mass is 9.98. The van der Waals surface area contributed by atoms with Crippen molar-refractivity contribution in [2.45, 2.75) is 27.4 Å². The van der Waals surface area contributed by atoms with Crippen LogP contribution in [0.15, 0.2) is 6.07 Å². The van der Waals surface area contributed by atoms with Crippen LogP contribution in [0, 0.1) is 11.8 Å². The number of aromatic nitrogens is 2. The molecule has 1 rings (SSSR count). The zero-order valence-electron chi connectivity index (χ0n) is 11.0. The molecule has 1 unspecified atom stereocenters. The lowest BCUT2D eigenvalue weighted by Crippen LogP contribution is -2.17. The van der Waals surface area contributed by atoms with E-state index in [1.165, 1.54) is 0 Å². The molecule has 0 fully saturated rings. The first-order valence-electron chi connectivity index (χ1n) is 5.89. The summed E-state index contributed by atoms with van der Waals surface area (Å²) in [6.07, 6.45) is 0. The number of rotatable bonds is 6. The molecule has 17 heavy (non-hydrogen) atoms. The van der Waals surface area contributed by atoms with Gasteiger partial charge in [-0.1, -0.05) is 20.8 Å². The largest absolute Gasteiger partial charge is 0.384 e. The van der Waals surface area contributed by atoms with E-state index < -0.39 is 0 Å². The molecule has 0 aliphatic rings. The molecule has 0 spiro atoms. The Labute approximate surface area is 103 Å². The van der Waals surface area contributed by atoms with Crippen LogP contribution in [0.3, 0.4) is 0 Å². The van der Waals surface area contributed by atoms with Crippen LogP contribution in [0.1, 0.15) is 26.6 Å². The minimum atomic E-state index is 0.374. The molecule has 0 aliphatic carbocycles. The summed E-state index contributed by atoms with van der Waals surface area (Å²) in [5.74, 6) is 3.05. The number of anilines is 2. The van der Waals surface area contributed by atoms with Crippen molar-refractivity contribution in [3.8, 4) is 0 Å². The monoisotopic (exact) mass is 238 g/mol. The van der Waals surface area contributed by atoms with Gasteiger partial charge in [0.1, 0.15) is 18.2 Å². The first-order valence-corrected chi connectivity index (χ1v) is 5.89. The van der Waals surface area contributed by atoms with Gasteiger partial charge in [0.15, 0.2) is 5.82 Å². The summed E-state index contributed by atoms with van der Waals surface area (Å²) in [5.41, 5.74) is 5.71. The van der Waals surface area contributed by atoms with Crippen LogP contribution < -0.4 is 11.1 Å². The molecule has 1 aromatic rings. The van der Waals surface area contributed by atoms with Gasteiger partial charge in [0, 0.05) is 19.7 Å². The Morgan fingerprint density at radius 1 is 1.35 bits per heavy atom. The summed E-state index contributed by atoms with van der Waals surface area (Å²) < 4.78 is 4.99. The molecule has 0 saturated carbocycles. The summed E-state index contributed by atoms with van der Waals surface area (Å²) in [6, 6.07) is 1.74. The average molecular weight is 238 g/mol. The molecule has 5 nitrogen and oxygen atoms in total. The van der Waals surface area contributed by atoms with Crippen LogP contribution in [-0.4, -0.2) is 23.6 Å². The molecular weight excluding hydrogens is 216 g/mol. The van der Waals surface area contributed by atoms with Crippen LogP contribution >= 0.6 is 0 Å². The van der Waals surface area contributed by atoms with E-state index in [4.69, 9.17) is 10.5 Å². The fraction of sp³-hybridized carbons (Fsp3) is 0.667. The first-order chi connectivity index (χ1) is 8.02. The maximum Gasteiger partial charge on any atom is 0.158 e. The SMILES string of the molecule is COCc1nc(N)cc(NCC(C)C(C)C)n1. The number of ether oxygens (including phenoxy) is 1. The van der Waals surface area contributed by atoms with E-state index in [1.54, 1.807) is 13.2 Å². The van der Waals surface area contributed by atoms with Gasteiger partial charge in [-0.15, -0.1) is 0 Å². The van der Waals surface area contributed by atoms with Gasteiger partial charge in [-0.05, 0) is 11.8 Å². The van der Waals surface area contributed by atoms with Gasteiger partial charge >= 0.3 is 0 Å². The Morgan fingerprint density at radius 2 is 2.06 bits per heavy atom. The van der Waals surface area contributed by atoms with E-state index in [2.05, 4.69) is 36.1 Å². The third-order valence-corrected chi connectivity index (χ3v) is 2.81. The fourth-order valence-corrected chi connectivity index (χ4v) is 1.30. The predicted molar refractivity (Wildman–Crippen MR) is 69.6 cm³/mol. The van der Waals surface area contributed by atoms with Crippen LogP contribution in [0.4, 0.5) is 11.6 Å². The number of hydrogen-bond acceptors (Lipinski definition) is 5. The Morgan fingerprint density at radius 3 is 2.65 bits per heavy atom. The molecule has 1 aromatic heterocycles. The molecule has 1 heterocycles. The molecule has 0 bridgehead atoms. The van der Waals surface area contributed by atoms with Gasteiger partial charge in [-0.3, -0.25) is 0 Å². The number of nitrogens with one attached hydrogen (secondary N) is 1. The molecule has 3 N–H and O–H groups in total. The lowest BCUT2D eigenvalue weighted by Gasteiger charge is -2.16. The Kier molecular flexibility index (Phi) is 5.15. The molecule has 0 aliphatic heterocycles. The number of hydrogen-bond donors (Lipinski definition) is 2. The zero-order valence-corrected chi connectivity index (χ0v) is 11.0. The van der Waals surface area contributed by atoms with Crippen molar-refractivity contribution in [1.82, 2.24) is 9.97 Å². The molecular formula is C12H22N4O. The fourth-order valence-electron chi connectivity index (χ4n) is 1.30. The van der Waals surface area contributed by atoms with Crippen molar-refractivity contribution in [1.29, 1.82) is 0 Å². The average Bonchev–Trinajstić information content (AvgIpc) is 2.25. The van der Waals surface area contributed by atoms with E-state index in [1.807, 2.05) is 0 Å². The van der Waals surface area contributed by atoms with Crippen molar-refractivity contribution in [3.63, 3.8) is 0 Å². The van der Waals surface area contributed by atoms with Crippen molar-refractivity contribution in [3.05, 3.63) is 11.9 Å². The smallest absolute Gasteiger partial charge is 0.158 e. The number of nitrogens with two attached hydrogens (primary N) is 1. The van der Waals surface area contributed by atoms with Crippen molar-refractivity contribution >= 4 is 11.6 Å². The molecule has 1 atom stereocenters. The van der Waals surface area contributed by atoms with Gasteiger partial charge in [0.2, 0.25) is 0 Å². The topological polar surface area (TPSA) is 73.1 Å². The van der Waals surface area contributed by atoms with E-state index >= 15 is 0 Å². The number of methoxy groups -OCH3 is 1. The van der Waals surface area contributed by atoms with Crippen LogP contribution in [0.25, 0.3) is 0 Å². The lowest BCUT2D eigenvalue weighted by molar-refractivity contribution is 0.178. The molecule has 5 heteroatoms. The van der Waals surface area contributed by atoms with E-state index in [0.717, 1.165) is 12.4 Å². The van der Waals surface area contributed by atoms with E-state index in [-0.39, 0.29) is 0 Å². The first kappa shape index (κ1) is 13.7. The second-order valence-corrected chi connectivity index (χ2v) is 4.63. The molecule has 0 saturated heterocycles. The summed E-state index contributed by atoms with van der Waals surface area (Å²) in [5, 5.41) is 3.28. The van der Waals surface area contributed by atoms with Crippen molar-refractivity contribution in [2.75, 3.05) is 24.7 Å². The molecule has 0 amide bonds. The highest BCUT2D eigenvalue weighted by molar-refractivity contribution is 5.44. The molecule has 0 radical (unpaired) electrons. The summed E-state index contributed by atoms with van der Waals surface area (Å²) in [6.45, 7) is 7.87. The summed E-state index contributed by atoms with van der Waals surface area (Å²) in [7, 11) is 1.61. The van der Waals surface area contributed by atoms with E-state index in [0.29, 0.717) is 30.1 Å². The van der Waals surface area contributed by atoms with Gasteiger partial charge in [-0.25, -0.2) is 9.97 Å². The predicted octanol–water partition coefficient (Wildman–Crippen LogP) is 1.91. The normalized spacial score (nSPS) is 12.8. The maximum atomic E-state index is 5.71. The zero-order chi connectivity index (χ0) is 12.8. The highest BCUT2D eigenvalue weighted by atomic mass is 16.5. The summed E-state index contributed by atoms with van der Waals surface area (Å²) >= 11 is 0. The second-order valence-electron chi connectivity index (χ2n) is 4.63. The van der Waals surface area contributed by atoms with Crippen LogP contribution in [0.2, 0.25) is 0 Å². The molecule has 96 valence electrons. The van der Waals surface area contributed by atoms with Gasteiger partial charge in [0.05, 0.1) is 0 Å². The highest BCUT2D eigenvalue weighted by Crippen LogP contribution is 2.13. The number of nitrogens with zero attached hydrogens (tertiary/aromatic N) is 2. The minimum Gasteiger partial charge on any atom is -0.384 e. The Balaban J connectivity index is 2.64. The van der Waals surface area contributed by atoms with Gasteiger partial charge < -0.3 is 15.8 Å². The maximum absolute atomic E-state index is 5.71. The standard InChI is InChI=1S/C12H22N4O/c1-8(2)9(3)6-14-11-5-10(13)15-12(16-11)7-17-4/h5,8-9H,6-7H2,1-4H3,(H3,13,14,15,16). The van der Waals surface area contributed by atoms with Crippen LogP contribution in [0.5, 0.6) is 0 Å². The second kappa shape index (κ2) is 6.39.